The Labute approximate surface area is 85.7 Å². The third kappa shape index (κ3) is 2.45. The van der Waals surface area contributed by atoms with Gasteiger partial charge in [0.15, 0.2) is 0 Å². The summed E-state index contributed by atoms with van der Waals surface area (Å²) in [5.74, 6) is -0.283. The van der Waals surface area contributed by atoms with Crippen LogP contribution in [0.4, 0.5) is 5.82 Å². The fraction of sp³-hybridized carbons (Fsp3) is 0.250. The van der Waals surface area contributed by atoms with E-state index in [-0.39, 0.29) is 24.6 Å². The second kappa shape index (κ2) is 4.63. The van der Waals surface area contributed by atoms with Crippen molar-refractivity contribution in [3.8, 4) is 12.1 Å². The lowest BCUT2D eigenvalue weighted by Gasteiger charge is -2.13. The lowest BCUT2D eigenvalue weighted by molar-refractivity contribution is 0.0789. The van der Waals surface area contributed by atoms with E-state index in [0.29, 0.717) is 0 Å². The molecule has 0 aromatic carbocycles. The number of carbonyl (C=O) groups is 1. The number of aromatic amines is 1. The average molecular weight is 204 g/mol. The zero-order chi connectivity index (χ0) is 11.3. The Hall–Kier alpha value is -2.54. The van der Waals surface area contributed by atoms with Crippen molar-refractivity contribution >= 4 is 11.7 Å². The molecule has 0 aliphatic heterocycles. The number of rotatable bonds is 3. The predicted octanol–water partition coefficient (Wildman–Crippen LogP) is -0.519. The Balaban J connectivity index is 2.82. The Kier molecular flexibility index (Phi) is 3.25. The van der Waals surface area contributed by atoms with Crippen molar-refractivity contribution in [1.29, 1.82) is 10.5 Å². The van der Waals surface area contributed by atoms with Gasteiger partial charge in [0.05, 0.1) is 12.1 Å². The van der Waals surface area contributed by atoms with E-state index in [4.69, 9.17) is 16.3 Å². The highest BCUT2D eigenvalue weighted by Crippen LogP contribution is 2.04. The van der Waals surface area contributed by atoms with E-state index >= 15 is 0 Å². The maximum Gasteiger partial charge on any atom is 0.273 e. The van der Waals surface area contributed by atoms with Gasteiger partial charge in [-0.15, -0.1) is 0 Å². The molecule has 0 unspecified atom stereocenters. The third-order valence-corrected chi connectivity index (χ3v) is 1.64. The van der Waals surface area contributed by atoms with Gasteiger partial charge in [-0.25, -0.2) is 0 Å². The van der Waals surface area contributed by atoms with Gasteiger partial charge < -0.3 is 10.6 Å². The summed E-state index contributed by atoms with van der Waals surface area (Å²) in [6, 6.07) is 4.95. The molecule has 0 radical (unpaired) electrons. The number of nitrogens with one attached hydrogen (secondary N) is 1. The quantitative estimate of drug-likeness (QED) is 0.641. The van der Waals surface area contributed by atoms with E-state index in [1.165, 1.54) is 6.07 Å². The van der Waals surface area contributed by atoms with Gasteiger partial charge in [0.1, 0.15) is 24.6 Å². The molecule has 0 bridgehead atoms. The number of amides is 1. The second-order valence-corrected chi connectivity index (χ2v) is 2.68. The Bertz CT molecular complexity index is 421. The zero-order valence-corrected chi connectivity index (χ0v) is 7.77. The number of nitrogen functional groups attached to an aromatic ring is 1. The van der Waals surface area contributed by atoms with Crippen LogP contribution >= 0.6 is 0 Å². The molecule has 1 rings (SSSR count). The highest BCUT2D eigenvalue weighted by molar-refractivity contribution is 5.93. The molecule has 0 saturated carbocycles. The summed E-state index contributed by atoms with van der Waals surface area (Å²) in [6.07, 6.45) is 0. The minimum Gasteiger partial charge on any atom is -0.382 e. The first-order valence-electron chi connectivity index (χ1n) is 4.03. The van der Waals surface area contributed by atoms with Crippen LogP contribution < -0.4 is 5.73 Å². The van der Waals surface area contributed by atoms with Crippen LogP contribution in [0.1, 0.15) is 10.5 Å². The monoisotopic (exact) mass is 204 g/mol. The largest absolute Gasteiger partial charge is 0.382 e. The number of aromatic nitrogens is 2. The SMILES string of the molecule is N#CCN(CC#N)C(=O)c1cc(N)n[nH]1. The Morgan fingerprint density at radius 2 is 2.13 bits per heavy atom. The second-order valence-electron chi connectivity index (χ2n) is 2.68. The van der Waals surface area contributed by atoms with Crippen molar-refractivity contribution in [2.45, 2.75) is 0 Å². The topological polar surface area (TPSA) is 123 Å². The standard InChI is InChI=1S/C8H8N6O/c9-1-3-14(4-2-10)8(15)6-5-7(11)13-12-6/h5H,3-4H2,(H3,11,12,13). The maximum absolute atomic E-state index is 11.6. The van der Waals surface area contributed by atoms with Crippen LogP contribution in [-0.2, 0) is 0 Å². The highest BCUT2D eigenvalue weighted by atomic mass is 16.2. The van der Waals surface area contributed by atoms with Crippen molar-refractivity contribution in [2.75, 3.05) is 18.8 Å². The van der Waals surface area contributed by atoms with Gasteiger partial charge >= 0.3 is 0 Å². The molecule has 1 amide bonds. The molecule has 0 saturated heterocycles. The van der Waals surface area contributed by atoms with Gasteiger partial charge in [-0.3, -0.25) is 9.89 Å². The number of nitrogens with two attached hydrogens (primary N) is 1. The smallest absolute Gasteiger partial charge is 0.273 e. The summed E-state index contributed by atoms with van der Waals surface area (Å²) >= 11 is 0. The number of anilines is 1. The lowest BCUT2D eigenvalue weighted by Crippen LogP contribution is -2.32. The summed E-state index contributed by atoms with van der Waals surface area (Å²) in [4.78, 5) is 12.7. The molecular formula is C8H8N6O. The summed E-state index contributed by atoms with van der Waals surface area (Å²) in [5.41, 5.74) is 5.49. The van der Waals surface area contributed by atoms with E-state index < -0.39 is 5.91 Å². The molecule has 3 N–H and O–H groups in total. The first-order chi connectivity index (χ1) is 7.19. The fourth-order valence-corrected chi connectivity index (χ4v) is 0.987. The number of hydrogen-bond donors (Lipinski definition) is 2. The zero-order valence-electron chi connectivity index (χ0n) is 7.77. The molecular weight excluding hydrogens is 196 g/mol. The molecule has 0 aliphatic rings. The molecule has 7 nitrogen and oxygen atoms in total. The minimum absolute atomic E-state index is 0.148. The van der Waals surface area contributed by atoms with Gasteiger partial charge in [0, 0.05) is 6.07 Å². The van der Waals surface area contributed by atoms with E-state index in [9.17, 15) is 4.79 Å². The highest BCUT2D eigenvalue weighted by Gasteiger charge is 2.16. The van der Waals surface area contributed by atoms with Gasteiger partial charge in [-0.05, 0) is 0 Å². The van der Waals surface area contributed by atoms with Gasteiger partial charge in [0.2, 0.25) is 0 Å². The molecule has 0 spiro atoms. The number of H-pyrrole nitrogens is 1. The normalized spacial score (nSPS) is 8.93. The van der Waals surface area contributed by atoms with Crippen LogP contribution in [0.5, 0.6) is 0 Å². The van der Waals surface area contributed by atoms with E-state index in [1.54, 1.807) is 12.1 Å². The van der Waals surface area contributed by atoms with E-state index in [0.717, 1.165) is 4.90 Å². The number of hydrogen-bond acceptors (Lipinski definition) is 5. The minimum atomic E-state index is -0.470. The summed E-state index contributed by atoms with van der Waals surface area (Å²) in [6.45, 7) is -0.295. The van der Waals surface area contributed by atoms with Crippen LogP contribution in [0.2, 0.25) is 0 Å². The molecule has 1 aromatic heterocycles. The van der Waals surface area contributed by atoms with Crippen molar-refractivity contribution in [3.05, 3.63) is 11.8 Å². The summed E-state index contributed by atoms with van der Waals surface area (Å²) in [7, 11) is 0. The molecule has 1 aromatic rings. The molecule has 7 heteroatoms. The molecule has 1 heterocycles. The van der Waals surface area contributed by atoms with Crippen molar-refractivity contribution < 1.29 is 4.79 Å². The Morgan fingerprint density at radius 3 is 2.53 bits per heavy atom. The van der Waals surface area contributed by atoms with Crippen molar-refractivity contribution in [1.82, 2.24) is 15.1 Å². The lowest BCUT2D eigenvalue weighted by atomic mass is 10.3. The molecule has 0 fully saturated rings. The van der Waals surface area contributed by atoms with E-state index in [1.807, 2.05) is 0 Å². The van der Waals surface area contributed by atoms with Crippen molar-refractivity contribution in [2.24, 2.45) is 0 Å². The fourth-order valence-electron chi connectivity index (χ4n) is 0.987. The van der Waals surface area contributed by atoms with Gasteiger partial charge in [-0.2, -0.15) is 15.6 Å². The average Bonchev–Trinajstić information content (AvgIpc) is 2.63. The number of carbonyl (C=O) groups excluding carboxylic acids is 1. The maximum atomic E-state index is 11.6. The van der Waals surface area contributed by atoms with Crippen LogP contribution in [0.15, 0.2) is 6.07 Å². The van der Waals surface area contributed by atoms with Crippen LogP contribution in [0, 0.1) is 22.7 Å². The first kappa shape index (κ1) is 10.5. The molecule has 76 valence electrons. The molecule has 0 atom stereocenters. The summed E-state index contributed by atoms with van der Waals surface area (Å²) < 4.78 is 0. The van der Waals surface area contributed by atoms with Gasteiger partial charge in [-0.1, -0.05) is 0 Å². The van der Waals surface area contributed by atoms with Gasteiger partial charge in [0.25, 0.3) is 5.91 Å². The molecule has 0 aliphatic carbocycles. The van der Waals surface area contributed by atoms with E-state index in [2.05, 4.69) is 10.2 Å². The van der Waals surface area contributed by atoms with Crippen LogP contribution in [0.25, 0.3) is 0 Å². The predicted molar refractivity (Wildman–Crippen MR) is 50.1 cm³/mol. The summed E-state index contributed by atoms with van der Waals surface area (Å²) in [5, 5.41) is 22.9. The third-order valence-electron chi connectivity index (χ3n) is 1.64. The van der Waals surface area contributed by atoms with Crippen molar-refractivity contribution in [3.63, 3.8) is 0 Å². The van der Waals surface area contributed by atoms with Crippen LogP contribution in [0.3, 0.4) is 0 Å². The Morgan fingerprint density at radius 1 is 1.53 bits per heavy atom. The molecule has 15 heavy (non-hydrogen) atoms. The van der Waals surface area contributed by atoms with Crippen LogP contribution in [-0.4, -0.2) is 34.1 Å². The number of nitrogens with zero attached hydrogens (tertiary/aromatic N) is 4. The first-order valence-corrected chi connectivity index (χ1v) is 4.03. The number of nitriles is 2.